The van der Waals surface area contributed by atoms with Crippen molar-refractivity contribution in [3.63, 3.8) is 0 Å². The molecule has 2 aromatic carbocycles. The molecule has 0 spiro atoms. The first-order valence-electron chi connectivity index (χ1n) is 7.73. The standard InChI is InChI=1S/C18H19NO4/c1-11(12-6-7-12)19-16(20)10-23-17-14-5-3-2-4-13(14)8-9-15(17)18(21)22/h2-5,8-9,11-12H,6-7,10H2,1H3,(H,19,20)(H,21,22). The topological polar surface area (TPSA) is 75.6 Å². The summed E-state index contributed by atoms with van der Waals surface area (Å²) in [6, 6.07) is 10.7. The molecule has 0 aliphatic heterocycles. The summed E-state index contributed by atoms with van der Waals surface area (Å²) in [5, 5.41) is 13.8. The van der Waals surface area contributed by atoms with Crippen LogP contribution >= 0.6 is 0 Å². The van der Waals surface area contributed by atoms with E-state index >= 15 is 0 Å². The summed E-state index contributed by atoms with van der Waals surface area (Å²) in [6.07, 6.45) is 2.30. The summed E-state index contributed by atoms with van der Waals surface area (Å²) >= 11 is 0. The van der Waals surface area contributed by atoms with Crippen molar-refractivity contribution < 1.29 is 19.4 Å². The van der Waals surface area contributed by atoms with Crippen molar-refractivity contribution in [2.75, 3.05) is 6.61 Å². The number of carboxylic acid groups (broad SMARTS) is 1. The molecular weight excluding hydrogens is 294 g/mol. The number of carboxylic acids is 1. The van der Waals surface area contributed by atoms with Gasteiger partial charge in [-0.25, -0.2) is 4.79 Å². The number of amides is 1. The second-order valence-electron chi connectivity index (χ2n) is 5.95. The van der Waals surface area contributed by atoms with E-state index in [-0.39, 0.29) is 29.9 Å². The van der Waals surface area contributed by atoms with E-state index in [9.17, 15) is 14.7 Å². The van der Waals surface area contributed by atoms with Gasteiger partial charge in [0.1, 0.15) is 11.3 Å². The third-order valence-electron chi connectivity index (χ3n) is 4.18. The molecule has 0 saturated heterocycles. The quantitative estimate of drug-likeness (QED) is 0.860. The van der Waals surface area contributed by atoms with Crippen molar-refractivity contribution in [3.05, 3.63) is 42.0 Å². The van der Waals surface area contributed by atoms with Gasteiger partial charge in [0.15, 0.2) is 6.61 Å². The van der Waals surface area contributed by atoms with Crippen LogP contribution in [0.3, 0.4) is 0 Å². The van der Waals surface area contributed by atoms with E-state index in [0.29, 0.717) is 11.3 Å². The minimum atomic E-state index is -1.07. The van der Waals surface area contributed by atoms with Gasteiger partial charge >= 0.3 is 5.97 Å². The molecule has 0 bridgehead atoms. The second kappa shape index (κ2) is 6.28. The van der Waals surface area contributed by atoms with Crippen LogP contribution in [0.25, 0.3) is 10.8 Å². The van der Waals surface area contributed by atoms with Gasteiger partial charge in [0.05, 0.1) is 0 Å². The smallest absolute Gasteiger partial charge is 0.339 e. The lowest BCUT2D eigenvalue weighted by Crippen LogP contribution is -2.37. The third-order valence-corrected chi connectivity index (χ3v) is 4.18. The van der Waals surface area contributed by atoms with Crippen LogP contribution in [0.15, 0.2) is 36.4 Å². The summed E-state index contributed by atoms with van der Waals surface area (Å²) < 4.78 is 5.58. The van der Waals surface area contributed by atoms with Crippen LogP contribution in [-0.4, -0.2) is 29.6 Å². The van der Waals surface area contributed by atoms with Crippen molar-refractivity contribution >= 4 is 22.6 Å². The monoisotopic (exact) mass is 313 g/mol. The predicted octanol–water partition coefficient (Wildman–Crippen LogP) is 2.83. The van der Waals surface area contributed by atoms with Gasteiger partial charge in [0, 0.05) is 11.4 Å². The van der Waals surface area contributed by atoms with E-state index in [4.69, 9.17) is 4.74 Å². The molecule has 3 rings (SSSR count). The average molecular weight is 313 g/mol. The molecule has 1 amide bonds. The Kier molecular flexibility index (Phi) is 4.19. The van der Waals surface area contributed by atoms with Crippen LogP contribution in [0.5, 0.6) is 5.75 Å². The number of aromatic carboxylic acids is 1. The molecule has 120 valence electrons. The number of fused-ring (bicyclic) bond motifs is 1. The Labute approximate surface area is 134 Å². The Bertz CT molecular complexity index is 752. The zero-order valence-corrected chi connectivity index (χ0v) is 12.9. The zero-order chi connectivity index (χ0) is 16.4. The van der Waals surface area contributed by atoms with Crippen LogP contribution < -0.4 is 10.1 Å². The Hall–Kier alpha value is -2.56. The van der Waals surface area contributed by atoms with Crippen molar-refractivity contribution in [2.45, 2.75) is 25.8 Å². The number of carbonyl (C=O) groups is 2. The van der Waals surface area contributed by atoms with E-state index in [2.05, 4.69) is 5.32 Å². The Balaban J connectivity index is 1.79. The maximum Gasteiger partial charge on any atom is 0.339 e. The predicted molar refractivity (Wildman–Crippen MR) is 86.7 cm³/mol. The normalized spacial score (nSPS) is 15.2. The van der Waals surface area contributed by atoms with Gasteiger partial charge in [-0.3, -0.25) is 4.79 Å². The first kappa shape index (κ1) is 15.3. The van der Waals surface area contributed by atoms with Crippen LogP contribution in [0, 0.1) is 5.92 Å². The lowest BCUT2D eigenvalue weighted by atomic mass is 10.1. The van der Waals surface area contributed by atoms with E-state index in [1.807, 2.05) is 25.1 Å². The van der Waals surface area contributed by atoms with Crippen molar-refractivity contribution in [3.8, 4) is 5.75 Å². The maximum atomic E-state index is 12.0. The highest BCUT2D eigenvalue weighted by Gasteiger charge is 2.29. The summed E-state index contributed by atoms with van der Waals surface area (Å²) in [6.45, 7) is 1.79. The van der Waals surface area contributed by atoms with Gasteiger partial charge in [-0.05, 0) is 37.1 Å². The van der Waals surface area contributed by atoms with Gasteiger partial charge in [0.2, 0.25) is 0 Å². The number of carbonyl (C=O) groups excluding carboxylic acids is 1. The lowest BCUT2D eigenvalue weighted by molar-refractivity contribution is -0.123. The number of rotatable bonds is 6. The van der Waals surface area contributed by atoms with E-state index in [0.717, 1.165) is 18.2 Å². The summed E-state index contributed by atoms with van der Waals surface area (Å²) in [5.74, 6) is -0.498. The highest BCUT2D eigenvalue weighted by molar-refractivity contribution is 6.00. The molecular formula is C18H19NO4. The highest BCUT2D eigenvalue weighted by atomic mass is 16.5. The van der Waals surface area contributed by atoms with E-state index in [1.54, 1.807) is 12.1 Å². The zero-order valence-electron chi connectivity index (χ0n) is 12.9. The molecule has 0 heterocycles. The first-order chi connectivity index (χ1) is 11.1. The van der Waals surface area contributed by atoms with Crippen LogP contribution in [0.1, 0.15) is 30.1 Å². The molecule has 23 heavy (non-hydrogen) atoms. The van der Waals surface area contributed by atoms with Crippen LogP contribution in [-0.2, 0) is 4.79 Å². The Morgan fingerprint density at radius 3 is 2.70 bits per heavy atom. The number of ether oxygens (including phenoxy) is 1. The fourth-order valence-electron chi connectivity index (χ4n) is 2.71. The Morgan fingerprint density at radius 2 is 2.00 bits per heavy atom. The minimum Gasteiger partial charge on any atom is -0.482 e. The number of hydrogen-bond acceptors (Lipinski definition) is 3. The lowest BCUT2D eigenvalue weighted by Gasteiger charge is -2.15. The Morgan fingerprint density at radius 1 is 1.26 bits per heavy atom. The fourth-order valence-corrected chi connectivity index (χ4v) is 2.71. The van der Waals surface area contributed by atoms with Crippen LogP contribution in [0.2, 0.25) is 0 Å². The molecule has 2 N–H and O–H groups in total. The SMILES string of the molecule is CC(NC(=O)COc1c(C(=O)O)ccc2ccccc12)C1CC1. The average Bonchev–Trinajstić information content (AvgIpc) is 3.37. The van der Waals surface area contributed by atoms with Gasteiger partial charge in [-0.2, -0.15) is 0 Å². The molecule has 1 aliphatic carbocycles. The molecule has 5 nitrogen and oxygen atoms in total. The third kappa shape index (κ3) is 3.44. The van der Waals surface area contributed by atoms with Gasteiger partial charge in [-0.1, -0.05) is 30.3 Å². The molecule has 0 radical (unpaired) electrons. The highest BCUT2D eigenvalue weighted by Crippen LogP contribution is 2.32. The minimum absolute atomic E-state index is 0.0618. The molecule has 1 atom stereocenters. The molecule has 2 aromatic rings. The molecule has 1 aliphatic rings. The van der Waals surface area contributed by atoms with E-state index < -0.39 is 5.97 Å². The summed E-state index contributed by atoms with van der Waals surface area (Å²) in [7, 11) is 0. The van der Waals surface area contributed by atoms with Gasteiger partial charge in [0.25, 0.3) is 5.91 Å². The fraction of sp³-hybridized carbons (Fsp3) is 0.333. The number of nitrogens with one attached hydrogen (secondary N) is 1. The largest absolute Gasteiger partial charge is 0.482 e. The van der Waals surface area contributed by atoms with Gasteiger partial charge in [-0.15, -0.1) is 0 Å². The molecule has 1 fully saturated rings. The molecule has 1 unspecified atom stereocenters. The molecule has 1 saturated carbocycles. The first-order valence-corrected chi connectivity index (χ1v) is 7.73. The van der Waals surface area contributed by atoms with Crippen molar-refractivity contribution in [1.82, 2.24) is 5.32 Å². The summed E-state index contributed by atoms with van der Waals surface area (Å²) in [4.78, 5) is 23.4. The molecule has 0 aromatic heterocycles. The van der Waals surface area contributed by atoms with E-state index in [1.165, 1.54) is 6.07 Å². The number of hydrogen-bond donors (Lipinski definition) is 2. The molecule has 5 heteroatoms. The number of benzene rings is 2. The maximum absolute atomic E-state index is 12.0. The van der Waals surface area contributed by atoms with Gasteiger partial charge < -0.3 is 15.2 Å². The summed E-state index contributed by atoms with van der Waals surface area (Å²) in [5.41, 5.74) is 0.0618. The van der Waals surface area contributed by atoms with Crippen molar-refractivity contribution in [1.29, 1.82) is 0 Å². The van der Waals surface area contributed by atoms with Crippen LogP contribution in [0.4, 0.5) is 0 Å². The second-order valence-corrected chi connectivity index (χ2v) is 5.95. The van der Waals surface area contributed by atoms with Crippen molar-refractivity contribution in [2.24, 2.45) is 5.92 Å².